The molecule has 2 atom stereocenters. The zero-order chi connectivity index (χ0) is 5.44. The molecule has 3 heteroatoms. The lowest BCUT2D eigenvalue weighted by Gasteiger charge is -2.26. The molecule has 0 aromatic rings. The van der Waals surface area contributed by atoms with Crippen LogP contribution in [0.25, 0.3) is 0 Å². The average molecular weight is 117 g/mol. The van der Waals surface area contributed by atoms with Crippen LogP contribution in [0.2, 0.25) is 0 Å². The molecule has 0 aromatic heterocycles. The summed E-state index contributed by atoms with van der Waals surface area (Å²) < 4.78 is 0. The summed E-state index contributed by atoms with van der Waals surface area (Å²) >= 11 is 3.99. The summed E-state index contributed by atoms with van der Waals surface area (Å²) in [6.45, 7) is 0. The maximum absolute atomic E-state index is 10.3. The van der Waals surface area contributed by atoms with Gasteiger partial charge in [-0.05, 0) is 0 Å². The van der Waals surface area contributed by atoms with Crippen LogP contribution in [0.4, 0.5) is 0 Å². The molecular formula is C4H7NOS. The van der Waals surface area contributed by atoms with E-state index in [2.05, 4.69) is 12.6 Å². The van der Waals surface area contributed by atoms with Gasteiger partial charge in [-0.1, -0.05) is 0 Å². The Balaban J connectivity index is 2.43. The second-order valence-corrected chi connectivity index (χ2v) is 2.43. The Labute approximate surface area is 47.5 Å². The van der Waals surface area contributed by atoms with E-state index in [4.69, 9.17) is 5.73 Å². The minimum Gasteiger partial charge on any atom is -0.321 e. The van der Waals surface area contributed by atoms with E-state index in [0.717, 1.165) is 0 Å². The summed E-state index contributed by atoms with van der Waals surface area (Å²) in [7, 11) is 0. The zero-order valence-electron chi connectivity index (χ0n) is 3.79. The SMILES string of the molecule is NC1C(=O)CC1S. The zero-order valence-corrected chi connectivity index (χ0v) is 4.69. The molecule has 1 rings (SSSR count). The quantitative estimate of drug-likeness (QED) is 0.423. The van der Waals surface area contributed by atoms with Crippen molar-refractivity contribution in [1.82, 2.24) is 0 Å². The predicted octanol–water partition coefficient (Wildman–Crippen LogP) is -0.415. The van der Waals surface area contributed by atoms with E-state index >= 15 is 0 Å². The minimum absolute atomic E-state index is 0.132. The third-order valence-corrected chi connectivity index (χ3v) is 1.70. The van der Waals surface area contributed by atoms with Crippen molar-refractivity contribution in [2.75, 3.05) is 0 Å². The molecular weight excluding hydrogens is 110 g/mol. The van der Waals surface area contributed by atoms with E-state index in [1.54, 1.807) is 0 Å². The summed E-state index contributed by atoms with van der Waals surface area (Å²) in [4.78, 5) is 10.3. The Bertz CT molecular complexity index is 104. The van der Waals surface area contributed by atoms with Gasteiger partial charge in [0, 0.05) is 11.7 Å². The molecule has 0 radical (unpaired) electrons. The van der Waals surface area contributed by atoms with Gasteiger partial charge in [-0.25, -0.2) is 0 Å². The highest BCUT2D eigenvalue weighted by Gasteiger charge is 2.33. The molecule has 1 saturated carbocycles. The van der Waals surface area contributed by atoms with Gasteiger partial charge in [0.2, 0.25) is 0 Å². The molecule has 0 saturated heterocycles. The van der Waals surface area contributed by atoms with Gasteiger partial charge >= 0.3 is 0 Å². The fourth-order valence-corrected chi connectivity index (χ4v) is 0.869. The van der Waals surface area contributed by atoms with Crippen LogP contribution in [0.15, 0.2) is 0 Å². The first-order valence-electron chi connectivity index (χ1n) is 2.18. The Morgan fingerprint density at radius 1 is 1.86 bits per heavy atom. The second-order valence-electron chi connectivity index (χ2n) is 1.76. The van der Waals surface area contributed by atoms with Gasteiger partial charge < -0.3 is 5.73 Å². The Kier molecular flexibility index (Phi) is 1.09. The van der Waals surface area contributed by atoms with Crippen molar-refractivity contribution >= 4 is 18.4 Å². The van der Waals surface area contributed by atoms with E-state index in [1.165, 1.54) is 0 Å². The molecule has 0 bridgehead atoms. The van der Waals surface area contributed by atoms with Crippen LogP contribution in [0.1, 0.15) is 6.42 Å². The van der Waals surface area contributed by atoms with Gasteiger partial charge in [0.1, 0.15) is 0 Å². The molecule has 2 unspecified atom stereocenters. The predicted molar refractivity (Wildman–Crippen MR) is 30.4 cm³/mol. The van der Waals surface area contributed by atoms with Crippen molar-refractivity contribution < 1.29 is 4.79 Å². The lowest BCUT2D eigenvalue weighted by molar-refractivity contribution is -0.124. The van der Waals surface area contributed by atoms with Crippen LogP contribution in [0, 0.1) is 0 Å². The maximum Gasteiger partial charge on any atom is 0.151 e. The van der Waals surface area contributed by atoms with Crippen LogP contribution >= 0.6 is 12.6 Å². The molecule has 0 aromatic carbocycles. The summed E-state index contributed by atoms with van der Waals surface area (Å²) in [5, 5.41) is 0.132. The monoisotopic (exact) mass is 117 g/mol. The van der Waals surface area contributed by atoms with Crippen molar-refractivity contribution in [3.8, 4) is 0 Å². The third-order valence-electron chi connectivity index (χ3n) is 1.20. The molecule has 1 fully saturated rings. The summed E-state index contributed by atoms with van der Waals surface area (Å²) in [6, 6.07) is -0.275. The largest absolute Gasteiger partial charge is 0.321 e. The van der Waals surface area contributed by atoms with Crippen molar-refractivity contribution in [3.05, 3.63) is 0 Å². The molecule has 0 heterocycles. The Hall–Kier alpha value is -0.0200. The number of carbonyl (C=O) groups is 1. The van der Waals surface area contributed by atoms with Crippen molar-refractivity contribution in [2.24, 2.45) is 5.73 Å². The van der Waals surface area contributed by atoms with Gasteiger partial charge in [0.05, 0.1) is 6.04 Å². The first-order chi connectivity index (χ1) is 3.22. The van der Waals surface area contributed by atoms with Crippen LogP contribution in [-0.4, -0.2) is 17.1 Å². The van der Waals surface area contributed by atoms with E-state index in [0.29, 0.717) is 6.42 Å². The summed E-state index contributed by atoms with van der Waals surface area (Å²) in [5.41, 5.74) is 5.24. The van der Waals surface area contributed by atoms with Crippen LogP contribution in [-0.2, 0) is 4.79 Å². The van der Waals surface area contributed by atoms with Crippen LogP contribution < -0.4 is 5.73 Å². The topological polar surface area (TPSA) is 43.1 Å². The minimum atomic E-state index is -0.275. The highest BCUT2D eigenvalue weighted by Crippen LogP contribution is 2.18. The van der Waals surface area contributed by atoms with E-state index < -0.39 is 0 Å². The lowest BCUT2D eigenvalue weighted by atomic mass is 9.92. The number of Topliss-reactive ketones (excluding diaryl/α,β-unsaturated/α-hetero) is 1. The molecule has 2 nitrogen and oxygen atoms in total. The first kappa shape index (κ1) is 5.12. The van der Waals surface area contributed by atoms with Gasteiger partial charge in [0.25, 0.3) is 0 Å². The molecule has 0 amide bonds. The number of hydrogen-bond acceptors (Lipinski definition) is 3. The number of carbonyl (C=O) groups excluding carboxylic acids is 1. The van der Waals surface area contributed by atoms with Crippen LogP contribution in [0.3, 0.4) is 0 Å². The number of rotatable bonds is 0. The average Bonchev–Trinajstić information content (AvgIpc) is 1.68. The number of ketones is 1. The van der Waals surface area contributed by atoms with E-state index in [9.17, 15) is 4.79 Å². The number of nitrogens with two attached hydrogens (primary N) is 1. The van der Waals surface area contributed by atoms with E-state index in [1.807, 2.05) is 0 Å². The molecule has 2 N–H and O–H groups in total. The summed E-state index contributed by atoms with van der Waals surface area (Å²) in [6.07, 6.45) is 0.560. The number of thiol groups is 1. The van der Waals surface area contributed by atoms with Crippen molar-refractivity contribution in [3.63, 3.8) is 0 Å². The van der Waals surface area contributed by atoms with Crippen molar-refractivity contribution in [1.29, 1.82) is 0 Å². The number of hydrogen-bond donors (Lipinski definition) is 2. The molecule has 1 aliphatic carbocycles. The highest BCUT2D eigenvalue weighted by atomic mass is 32.1. The summed E-state index contributed by atoms with van der Waals surface area (Å²) in [5.74, 6) is 0.139. The second kappa shape index (κ2) is 1.49. The van der Waals surface area contributed by atoms with Gasteiger partial charge in [-0.3, -0.25) is 4.79 Å². The normalized spacial score (nSPS) is 40.6. The standard InChI is InChI=1S/C4H7NOS/c5-4-2(6)1-3(4)7/h3-4,7H,1,5H2. The lowest BCUT2D eigenvalue weighted by Crippen LogP contribution is -2.50. The van der Waals surface area contributed by atoms with Gasteiger partial charge in [0.15, 0.2) is 5.78 Å². The molecule has 0 aliphatic heterocycles. The smallest absolute Gasteiger partial charge is 0.151 e. The molecule has 0 spiro atoms. The van der Waals surface area contributed by atoms with Crippen molar-refractivity contribution in [2.45, 2.75) is 17.7 Å². The third kappa shape index (κ3) is 0.660. The van der Waals surface area contributed by atoms with Crippen LogP contribution in [0.5, 0.6) is 0 Å². The highest BCUT2D eigenvalue weighted by molar-refractivity contribution is 7.81. The van der Waals surface area contributed by atoms with Gasteiger partial charge in [-0.2, -0.15) is 12.6 Å². The maximum atomic E-state index is 10.3. The molecule has 7 heavy (non-hydrogen) atoms. The molecule has 40 valence electrons. The Morgan fingerprint density at radius 2 is 2.43 bits per heavy atom. The fraction of sp³-hybridized carbons (Fsp3) is 0.750. The Morgan fingerprint density at radius 3 is 2.43 bits per heavy atom. The van der Waals surface area contributed by atoms with E-state index in [-0.39, 0.29) is 17.1 Å². The fourth-order valence-electron chi connectivity index (χ4n) is 0.523. The molecule has 1 aliphatic rings. The van der Waals surface area contributed by atoms with Gasteiger partial charge in [-0.15, -0.1) is 0 Å². The first-order valence-corrected chi connectivity index (χ1v) is 2.70.